The van der Waals surface area contributed by atoms with Crippen molar-refractivity contribution in [2.75, 3.05) is 59.5 Å². The van der Waals surface area contributed by atoms with Gasteiger partial charge in [0, 0.05) is 120 Å². The highest BCUT2D eigenvalue weighted by Crippen LogP contribution is 2.50. The summed E-state index contributed by atoms with van der Waals surface area (Å²) in [4.78, 5) is 31.8. The van der Waals surface area contributed by atoms with E-state index in [0.29, 0.717) is 77.5 Å². The van der Waals surface area contributed by atoms with Gasteiger partial charge in [0.1, 0.15) is 48.4 Å². The lowest BCUT2D eigenvalue weighted by atomic mass is 9.84. The van der Waals surface area contributed by atoms with E-state index >= 15 is 0 Å². The van der Waals surface area contributed by atoms with Crippen LogP contribution in [-0.4, -0.2) is 102 Å². The van der Waals surface area contributed by atoms with Gasteiger partial charge >= 0.3 is 0 Å². The molecular formula is C45H47BrCl5N5O7S10. The molecule has 10 heterocycles. The lowest BCUT2D eigenvalue weighted by molar-refractivity contribution is -0.112. The first-order valence-electron chi connectivity index (χ1n) is 21.0. The first-order valence-corrected chi connectivity index (χ1v) is 31.7. The zero-order chi connectivity index (χ0) is 52.8. The van der Waals surface area contributed by atoms with Crippen molar-refractivity contribution < 1.29 is 33.6 Å². The van der Waals surface area contributed by atoms with E-state index < -0.39 is 5.41 Å². The van der Waals surface area contributed by atoms with E-state index in [1.165, 1.54) is 23.3 Å². The van der Waals surface area contributed by atoms with Crippen LogP contribution >= 0.6 is 87.4 Å². The van der Waals surface area contributed by atoms with Crippen LogP contribution in [0, 0.1) is 0 Å². The van der Waals surface area contributed by atoms with Crippen molar-refractivity contribution in [1.82, 2.24) is 24.9 Å². The first-order chi connectivity index (χ1) is 34.8. The highest BCUT2D eigenvalue weighted by atomic mass is 79.9. The highest BCUT2D eigenvalue weighted by Gasteiger charge is 2.60. The molecule has 396 valence electrons. The van der Waals surface area contributed by atoms with Gasteiger partial charge in [-0.25, -0.2) is 24.9 Å². The Labute approximate surface area is 504 Å². The lowest BCUT2D eigenvalue weighted by Gasteiger charge is -2.23. The van der Waals surface area contributed by atoms with Crippen LogP contribution in [0.3, 0.4) is 0 Å². The normalized spacial score (nSPS) is 21.4. The number of ether oxygens (including phenoxy) is 5. The summed E-state index contributed by atoms with van der Waals surface area (Å²) in [6, 6.07) is 27.5. The number of rotatable bonds is 6. The Morgan fingerprint density at radius 1 is 0.644 bits per heavy atom. The van der Waals surface area contributed by atoms with Gasteiger partial charge in [-0.05, 0) is 101 Å². The molecule has 1 N–H and O–H groups in total. The smallest absolute Gasteiger partial charge is 0.141 e. The molecule has 28 heteroatoms. The second-order valence-electron chi connectivity index (χ2n) is 15.1. The molecule has 73 heavy (non-hydrogen) atoms. The third kappa shape index (κ3) is 23.2. The van der Waals surface area contributed by atoms with Gasteiger partial charge in [0.05, 0.1) is 73.2 Å². The van der Waals surface area contributed by atoms with Gasteiger partial charge < -0.3 is 33.6 Å². The third-order valence-electron chi connectivity index (χ3n) is 10.7. The maximum Gasteiger partial charge on any atom is 0.141 e. The average Bonchev–Trinajstić information content (AvgIpc) is 3.65. The predicted molar refractivity (Wildman–Crippen MR) is 323 cm³/mol. The van der Waals surface area contributed by atoms with Crippen molar-refractivity contribution in [3.05, 3.63) is 150 Å². The number of epoxide rings is 1. The summed E-state index contributed by atoms with van der Waals surface area (Å²) >= 11 is 56.1. The van der Waals surface area contributed by atoms with E-state index in [9.17, 15) is 9.90 Å². The molecule has 4 fully saturated rings. The monoisotopic (exact) mass is 1340 g/mol. The molecule has 0 spiro atoms. The summed E-state index contributed by atoms with van der Waals surface area (Å²) < 4.78 is 27.5. The van der Waals surface area contributed by atoms with Crippen molar-refractivity contribution in [2.45, 2.75) is 48.2 Å². The molecule has 0 aromatic carbocycles. The van der Waals surface area contributed by atoms with Crippen molar-refractivity contribution in [3.63, 3.8) is 0 Å². The molecule has 0 amide bonds. The number of carbonyl (C=O) groups is 1. The summed E-state index contributed by atoms with van der Waals surface area (Å²) in [6.07, 6.45) is 6.45. The van der Waals surface area contributed by atoms with Crippen LogP contribution in [-0.2, 0) is 139 Å². The highest BCUT2D eigenvalue weighted by molar-refractivity contribution is 9.10. The number of aliphatic hydroxyl groups is 1. The average molecular weight is 1350 g/mol. The number of carbonyl (C=O) groups excluding carboxylic acids is 1. The van der Waals surface area contributed by atoms with Gasteiger partial charge in [0.15, 0.2) is 0 Å². The van der Waals surface area contributed by atoms with E-state index in [1.807, 2.05) is 54.6 Å². The van der Waals surface area contributed by atoms with Gasteiger partial charge in [-0.2, -0.15) is 13.5 Å². The van der Waals surface area contributed by atoms with Gasteiger partial charge in [-0.15, -0.1) is 0 Å². The lowest BCUT2D eigenvalue weighted by Crippen LogP contribution is -2.32. The molecule has 4 saturated heterocycles. The Kier molecular flexibility index (Phi) is 35.5. The van der Waals surface area contributed by atoms with Crippen molar-refractivity contribution in [3.8, 4) is 0 Å². The van der Waals surface area contributed by atoms with Crippen LogP contribution in [0.25, 0.3) is 5.57 Å². The molecule has 5 aliphatic heterocycles. The van der Waals surface area contributed by atoms with Gasteiger partial charge in [-0.1, -0.05) is 94.4 Å². The second kappa shape index (κ2) is 37.9. The van der Waals surface area contributed by atoms with Crippen molar-refractivity contribution >= 4 is 193 Å². The molecule has 5 aromatic heterocycles. The molecule has 4 unspecified atom stereocenters. The van der Waals surface area contributed by atoms with Crippen molar-refractivity contribution in [1.29, 1.82) is 0 Å². The summed E-state index contributed by atoms with van der Waals surface area (Å²) in [5.41, 5.74) is 3.56. The van der Waals surface area contributed by atoms with E-state index in [-0.39, 0.29) is 37.2 Å². The van der Waals surface area contributed by atoms with E-state index in [4.69, 9.17) is 81.7 Å². The molecule has 5 aliphatic rings. The molecule has 12 nitrogen and oxygen atoms in total. The van der Waals surface area contributed by atoms with E-state index in [0.717, 1.165) is 69.3 Å². The summed E-state index contributed by atoms with van der Waals surface area (Å²) in [5.74, 6) is 0. The molecular weight excluding hydrogens is 1300 g/mol. The van der Waals surface area contributed by atoms with E-state index in [1.54, 1.807) is 36.4 Å². The molecule has 5 aromatic rings. The summed E-state index contributed by atoms with van der Waals surface area (Å²) in [6.45, 7) is 5.14. The molecule has 0 saturated carbocycles. The molecule has 0 bridgehead atoms. The zero-order valence-electron chi connectivity index (χ0n) is 38.2. The van der Waals surface area contributed by atoms with Crippen LogP contribution in [0.2, 0.25) is 25.8 Å². The van der Waals surface area contributed by atoms with Crippen LogP contribution in [0.15, 0.2) is 102 Å². The number of pyridine rings is 5. The minimum Gasteiger partial charge on any atom is -0.395 e. The molecule has 0 radical (unpaired) electrons. The fraction of sp³-hybridized carbons (Fsp3) is 0.378. The number of hydrogen-bond donors (Lipinski definition) is 1. The van der Waals surface area contributed by atoms with Crippen LogP contribution in [0.5, 0.6) is 0 Å². The van der Waals surface area contributed by atoms with E-state index in [2.05, 4.69) is 114 Å². The zero-order valence-corrected chi connectivity index (χ0v) is 51.9. The Morgan fingerprint density at radius 2 is 1.15 bits per heavy atom. The Bertz CT molecular complexity index is 2610. The fourth-order valence-corrected chi connectivity index (χ4v) is 8.36. The Morgan fingerprint density at radius 3 is 1.60 bits per heavy atom. The number of fused-ring (bicyclic) bond motifs is 1. The summed E-state index contributed by atoms with van der Waals surface area (Å²) in [7, 11) is 3.26. The quantitative estimate of drug-likeness (QED) is 0.0975. The Balaban J connectivity index is 0.000000301. The standard InChI is InChI=1S/C10H10ClNO2.C10H12ClNO2.C10H10ClNO2.C10H10ClNO.C5H3BrClN.S4.S3.S2.H2S/c11-9-3-1-2-7(12-9)10-4-5-13-6-8(10)14-10;2*11-9-3-1-2-8(12-9)10(6-13)4-5-14-7-10;11-10-3-1-2-9(12-10)8-4-6-13-7-5-8;6-4-2-1-3-5(7)8-4;1-3-4-2;1-3-2;1-2;/h1-3,8H,4-6H2;1-3,13H,4-7H2;1-3,6H,4-5,7H2;1-4H,5-7H2;1-3H;;;;1H2. The SMILES string of the molecule is Clc1cccc(Br)n1.Clc1cccc(C23CCOCC2O3)n1.Clc1cccc(C2=CCOCC2)n1.O=CC1(c2cccc(Cl)n2)CCOC1.OCC1(c2cccc(Cl)n2)CCOC1.S.S=S.S=S=S.S=S=S=S. The number of aromatic nitrogens is 5. The van der Waals surface area contributed by atoms with Gasteiger partial charge in [-0.3, -0.25) is 0 Å². The Hall–Kier alpha value is -0.820. The number of nitrogens with zero attached hydrogens (tertiary/aromatic N) is 5. The first kappa shape index (κ1) is 68.3. The van der Waals surface area contributed by atoms with Crippen molar-refractivity contribution in [2.24, 2.45) is 0 Å². The van der Waals surface area contributed by atoms with Gasteiger partial charge in [0.2, 0.25) is 0 Å². The minimum absolute atomic E-state index is 0. The summed E-state index contributed by atoms with van der Waals surface area (Å²) in [5, 5.41) is 11.9. The largest absolute Gasteiger partial charge is 0.395 e. The number of halogens is 6. The number of hydrogen-bond acceptors (Lipinski definition) is 18. The maximum atomic E-state index is 11.1. The van der Waals surface area contributed by atoms with Gasteiger partial charge in [0.25, 0.3) is 0 Å². The molecule has 4 atom stereocenters. The maximum absolute atomic E-state index is 11.1. The van der Waals surface area contributed by atoms with Crippen LogP contribution in [0.1, 0.15) is 48.5 Å². The minimum atomic E-state index is -0.578. The third-order valence-corrected chi connectivity index (χ3v) is 14.5. The molecule has 10 rings (SSSR count). The van der Waals surface area contributed by atoms with Crippen LogP contribution in [0.4, 0.5) is 0 Å². The predicted octanol–water partition coefficient (Wildman–Crippen LogP) is 9.85. The molecule has 0 aliphatic carbocycles. The second-order valence-corrected chi connectivity index (χ2v) is 23.1. The number of aliphatic hydroxyl groups excluding tert-OH is 1. The van der Waals surface area contributed by atoms with Crippen LogP contribution < -0.4 is 0 Å². The number of aldehydes is 1. The topological polar surface area (TPSA) is 151 Å². The fourth-order valence-electron chi connectivity index (χ4n) is 7.09.